The molecule has 0 aromatic carbocycles. The van der Waals surface area contributed by atoms with E-state index < -0.39 is 0 Å². The summed E-state index contributed by atoms with van der Waals surface area (Å²) in [6.45, 7) is 9.26. The maximum atomic E-state index is 5.63. The molecule has 0 aliphatic carbocycles. The first-order valence-electron chi connectivity index (χ1n) is 5.21. The van der Waals surface area contributed by atoms with E-state index in [9.17, 15) is 0 Å². The molecule has 0 aromatic rings. The molecule has 0 bridgehead atoms. The van der Waals surface area contributed by atoms with Crippen LogP contribution in [0.3, 0.4) is 0 Å². The van der Waals surface area contributed by atoms with Crippen LogP contribution in [0.25, 0.3) is 0 Å². The summed E-state index contributed by atoms with van der Waals surface area (Å²) in [7, 11) is 0. The number of nitrogens with zero attached hydrogens (tertiary/aromatic N) is 1. The molecule has 80 valence electrons. The first-order chi connectivity index (χ1) is 6.35. The standard InChI is InChI=1S/C10H22ClNO/c1-3-9-13-10-8-12(4-2)7-5-6-11/h3-10H2,1-2H3. The normalized spacial score (nSPS) is 11.1. The molecule has 13 heavy (non-hydrogen) atoms. The van der Waals surface area contributed by atoms with Crippen molar-refractivity contribution in [2.45, 2.75) is 26.7 Å². The SMILES string of the molecule is CCCOCCN(CC)CCCCl. The van der Waals surface area contributed by atoms with Crippen LogP contribution >= 0.6 is 11.6 Å². The molecule has 2 nitrogen and oxygen atoms in total. The number of hydrogen-bond donors (Lipinski definition) is 0. The van der Waals surface area contributed by atoms with Crippen LogP contribution in [-0.2, 0) is 4.74 Å². The minimum absolute atomic E-state index is 0.756. The lowest BCUT2D eigenvalue weighted by atomic mass is 10.4. The fourth-order valence-corrected chi connectivity index (χ4v) is 1.27. The molecular formula is C10H22ClNO. The van der Waals surface area contributed by atoms with Crippen molar-refractivity contribution in [2.75, 3.05) is 38.7 Å². The molecule has 0 amide bonds. The lowest BCUT2D eigenvalue weighted by molar-refractivity contribution is 0.106. The smallest absolute Gasteiger partial charge is 0.0593 e. The van der Waals surface area contributed by atoms with E-state index in [-0.39, 0.29) is 0 Å². The van der Waals surface area contributed by atoms with Gasteiger partial charge in [0, 0.05) is 19.0 Å². The third kappa shape index (κ3) is 8.54. The van der Waals surface area contributed by atoms with Gasteiger partial charge in [0.1, 0.15) is 0 Å². The summed E-state index contributed by atoms with van der Waals surface area (Å²) in [5.74, 6) is 0.756. The van der Waals surface area contributed by atoms with Gasteiger partial charge in [-0.25, -0.2) is 0 Å². The van der Waals surface area contributed by atoms with Gasteiger partial charge in [-0.3, -0.25) is 0 Å². The topological polar surface area (TPSA) is 12.5 Å². The fraction of sp³-hybridized carbons (Fsp3) is 1.00. The van der Waals surface area contributed by atoms with Crippen LogP contribution in [0.2, 0.25) is 0 Å². The molecule has 0 fully saturated rings. The highest BCUT2D eigenvalue weighted by Gasteiger charge is 2.00. The first-order valence-corrected chi connectivity index (χ1v) is 5.74. The zero-order chi connectivity index (χ0) is 9.94. The Labute approximate surface area is 87.2 Å². The number of halogens is 1. The van der Waals surface area contributed by atoms with E-state index in [1.54, 1.807) is 0 Å². The molecule has 0 saturated heterocycles. The molecule has 0 spiro atoms. The van der Waals surface area contributed by atoms with E-state index in [1.165, 1.54) is 0 Å². The summed E-state index contributed by atoms with van der Waals surface area (Å²) in [4.78, 5) is 2.37. The summed E-state index contributed by atoms with van der Waals surface area (Å²) in [5, 5.41) is 0. The molecule has 0 saturated carbocycles. The Morgan fingerprint density at radius 3 is 2.46 bits per heavy atom. The molecule has 0 radical (unpaired) electrons. The molecule has 0 unspecified atom stereocenters. The molecule has 0 aliphatic heterocycles. The summed E-state index contributed by atoms with van der Waals surface area (Å²) < 4.78 is 5.42. The number of ether oxygens (including phenoxy) is 1. The van der Waals surface area contributed by atoms with Crippen LogP contribution in [0.4, 0.5) is 0 Å². The maximum Gasteiger partial charge on any atom is 0.0593 e. The lowest BCUT2D eigenvalue weighted by Gasteiger charge is -2.19. The van der Waals surface area contributed by atoms with Gasteiger partial charge in [-0.2, -0.15) is 0 Å². The number of hydrogen-bond acceptors (Lipinski definition) is 2. The van der Waals surface area contributed by atoms with E-state index in [1.807, 2.05) is 0 Å². The number of alkyl halides is 1. The largest absolute Gasteiger partial charge is 0.380 e. The third-order valence-corrected chi connectivity index (χ3v) is 2.22. The Kier molecular flexibility index (Phi) is 10.5. The van der Waals surface area contributed by atoms with Crippen LogP contribution < -0.4 is 0 Å². The van der Waals surface area contributed by atoms with Crippen molar-refractivity contribution in [3.8, 4) is 0 Å². The predicted molar refractivity (Wildman–Crippen MR) is 58.6 cm³/mol. The van der Waals surface area contributed by atoms with E-state index in [2.05, 4.69) is 18.7 Å². The second-order valence-electron chi connectivity index (χ2n) is 3.09. The van der Waals surface area contributed by atoms with Crippen LogP contribution in [0, 0.1) is 0 Å². The van der Waals surface area contributed by atoms with E-state index >= 15 is 0 Å². The molecule has 0 rings (SSSR count). The molecule has 3 heteroatoms. The van der Waals surface area contributed by atoms with Crippen LogP contribution in [0.15, 0.2) is 0 Å². The zero-order valence-corrected chi connectivity index (χ0v) is 9.65. The maximum absolute atomic E-state index is 5.63. The van der Waals surface area contributed by atoms with Crippen LogP contribution in [-0.4, -0.2) is 43.6 Å². The van der Waals surface area contributed by atoms with E-state index in [0.29, 0.717) is 0 Å². The first kappa shape index (κ1) is 13.2. The van der Waals surface area contributed by atoms with Gasteiger partial charge in [0.15, 0.2) is 0 Å². The molecule has 0 atom stereocenters. The van der Waals surface area contributed by atoms with Gasteiger partial charge < -0.3 is 9.64 Å². The van der Waals surface area contributed by atoms with E-state index in [0.717, 1.165) is 51.6 Å². The molecule has 0 aromatic heterocycles. The summed E-state index contributed by atoms with van der Waals surface area (Å²) >= 11 is 5.63. The van der Waals surface area contributed by atoms with Crippen molar-refractivity contribution < 1.29 is 4.74 Å². The van der Waals surface area contributed by atoms with Crippen molar-refractivity contribution >= 4 is 11.6 Å². The van der Waals surface area contributed by atoms with Crippen molar-refractivity contribution in [1.82, 2.24) is 4.90 Å². The fourth-order valence-electron chi connectivity index (χ4n) is 1.15. The Morgan fingerprint density at radius 2 is 1.92 bits per heavy atom. The highest BCUT2D eigenvalue weighted by Crippen LogP contribution is 1.93. The van der Waals surface area contributed by atoms with E-state index in [4.69, 9.17) is 16.3 Å². The summed E-state index contributed by atoms with van der Waals surface area (Å²) in [6.07, 6.45) is 2.18. The monoisotopic (exact) mass is 207 g/mol. The number of rotatable bonds is 9. The Morgan fingerprint density at radius 1 is 1.15 bits per heavy atom. The van der Waals surface area contributed by atoms with Gasteiger partial charge in [0.2, 0.25) is 0 Å². The zero-order valence-electron chi connectivity index (χ0n) is 8.89. The summed E-state index contributed by atoms with van der Waals surface area (Å²) in [5.41, 5.74) is 0. The van der Waals surface area contributed by atoms with Crippen molar-refractivity contribution in [2.24, 2.45) is 0 Å². The predicted octanol–water partition coefficient (Wildman–Crippen LogP) is 2.36. The lowest BCUT2D eigenvalue weighted by Crippen LogP contribution is -2.28. The van der Waals surface area contributed by atoms with Gasteiger partial charge in [0.25, 0.3) is 0 Å². The quantitative estimate of drug-likeness (QED) is 0.425. The van der Waals surface area contributed by atoms with Gasteiger partial charge in [-0.15, -0.1) is 11.6 Å². The molecule has 0 aliphatic rings. The second-order valence-corrected chi connectivity index (χ2v) is 3.47. The Balaban J connectivity index is 3.25. The Bertz CT molecular complexity index is 101. The summed E-state index contributed by atoms with van der Waals surface area (Å²) in [6, 6.07) is 0. The molecular weight excluding hydrogens is 186 g/mol. The van der Waals surface area contributed by atoms with Crippen molar-refractivity contribution in [3.05, 3.63) is 0 Å². The van der Waals surface area contributed by atoms with Gasteiger partial charge in [-0.1, -0.05) is 13.8 Å². The number of likely N-dealkylation sites (N-methyl/N-ethyl adjacent to an activating group) is 1. The van der Waals surface area contributed by atoms with Crippen molar-refractivity contribution in [1.29, 1.82) is 0 Å². The van der Waals surface area contributed by atoms with Gasteiger partial charge >= 0.3 is 0 Å². The molecule has 0 heterocycles. The van der Waals surface area contributed by atoms with Crippen LogP contribution in [0.5, 0.6) is 0 Å². The highest BCUT2D eigenvalue weighted by molar-refractivity contribution is 6.17. The van der Waals surface area contributed by atoms with Gasteiger partial charge in [0.05, 0.1) is 6.61 Å². The third-order valence-electron chi connectivity index (χ3n) is 1.96. The second kappa shape index (κ2) is 10.3. The average Bonchev–Trinajstić information content (AvgIpc) is 2.17. The average molecular weight is 208 g/mol. The molecule has 0 N–H and O–H groups in total. The van der Waals surface area contributed by atoms with Crippen LogP contribution in [0.1, 0.15) is 26.7 Å². The van der Waals surface area contributed by atoms with Crippen molar-refractivity contribution in [3.63, 3.8) is 0 Å². The minimum atomic E-state index is 0.756. The minimum Gasteiger partial charge on any atom is -0.380 e. The Hall–Kier alpha value is 0.210. The van der Waals surface area contributed by atoms with Gasteiger partial charge in [-0.05, 0) is 25.9 Å². The highest BCUT2D eigenvalue weighted by atomic mass is 35.5.